The van der Waals surface area contributed by atoms with Crippen LogP contribution in [0, 0.1) is 24.7 Å². The number of hydrogen-bond acceptors (Lipinski definition) is 4. The molecule has 0 bridgehead atoms. The summed E-state index contributed by atoms with van der Waals surface area (Å²) in [6, 6.07) is 0. The molecule has 0 spiro atoms. The molecule has 0 aliphatic rings. The van der Waals surface area contributed by atoms with Crippen molar-refractivity contribution in [1.82, 2.24) is 9.55 Å². The quantitative estimate of drug-likeness (QED) is 0.832. The fourth-order valence-electron chi connectivity index (χ4n) is 2.46. The second kappa shape index (κ2) is 6.08. The Kier molecular flexibility index (Phi) is 4.97. The second-order valence-electron chi connectivity index (χ2n) is 5.65. The first-order chi connectivity index (χ1) is 8.79. The Morgan fingerprint density at radius 2 is 1.84 bits per heavy atom. The van der Waals surface area contributed by atoms with Crippen molar-refractivity contribution in [2.24, 2.45) is 17.8 Å². The Morgan fingerprint density at radius 3 is 2.26 bits per heavy atom. The first-order valence-corrected chi connectivity index (χ1v) is 6.70. The number of ether oxygens (including phenoxy) is 1. The molecule has 0 fully saturated rings. The number of nitrogens with two attached hydrogens (primary N) is 1. The number of nitrogen functional groups attached to an aromatic ring is 1. The molecule has 0 aliphatic carbocycles. The number of carbonyl (C=O) groups is 1. The van der Waals surface area contributed by atoms with Crippen LogP contribution < -0.4 is 5.73 Å². The van der Waals surface area contributed by atoms with Crippen LogP contribution in [0.5, 0.6) is 0 Å². The van der Waals surface area contributed by atoms with Crippen LogP contribution in [0.3, 0.4) is 0 Å². The summed E-state index contributed by atoms with van der Waals surface area (Å²) >= 11 is 0. The highest BCUT2D eigenvalue weighted by molar-refractivity contribution is 5.92. The molecule has 0 aliphatic heterocycles. The Labute approximate surface area is 115 Å². The molecule has 0 radical (unpaired) electrons. The van der Waals surface area contributed by atoms with Crippen molar-refractivity contribution in [2.45, 2.75) is 41.2 Å². The first-order valence-electron chi connectivity index (χ1n) is 6.70. The molecule has 2 N–H and O–H groups in total. The van der Waals surface area contributed by atoms with Crippen LogP contribution in [-0.2, 0) is 11.3 Å². The zero-order chi connectivity index (χ0) is 14.7. The molecule has 5 nitrogen and oxygen atoms in total. The third-order valence-corrected chi connectivity index (χ3v) is 3.68. The van der Waals surface area contributed by atoms with Crippen LogP contribution in [-0.4, -0.2) is 22.6 Å². The molecule has 1 heterocycles. The smallest absolute Gasteiger partial charge is 0.360 e. The average molecular weight is 267 g/mol. The predicted octanol–water partition coefficient (Wildman–Crippen LogP) is 2.49. The van der Waals surface area contributed by atoms with Crippen molar-refractivity contribution in [3.8, 4) is 0 Å². The summed E-state index contributed by atoms with van der Waals surface area (Å²) in [6.45, 7) is 11.4. The lowest BCUT2D eigenvalue weighted by Crippen LogP contribution is -2.23. The molecule has 1 aromatic rings. The first kappa shape index (κ1) is 15.5. The van der Waals surface area contributed by atoms with Gasteiger partial charge in [-0.1, -0.05) is 27.7 Å². The minimum atomic E-state index is -0.481. The molecule has 0 amide bonds. The van der Waals surface area contributed by atoms with E-state index in [1.54, 1.807) is 0 Å². The van der Waals surface area contributed by atoms with Crippen molar-refractivity contribution in [3.63, 3.8) is 0 Å². The number of hydrogen-bond donors (Lipinski definition) is 1. The summed E-state index contributed by atoms with van der Waals surface area (Å²) in [5.41, 5.74) is 6.24. The topological polar surface area (TPSA) is 70.1 Å². The van der Waals surface area contributed by atoms with Crippen molar-refractivity contribution < 1.29 is 9.53 Å². The molecular formula is C14H25N3O2. The second-order valence-corrected chi connectivity index (χ2v) is 5.65. The molecule has 5 heteroatoms. The lowest BCUT2D eigenvalue weighted by atomic mass is 9.85. The Balaban J connectivity index is 3.08. The maximum Gasteiger partial charge on any atom is 0.360 e. The van der Waals surface area contributed by atoms with Gasteiger partial charge in [0, 0.05) is 6.54 Å². The molecule has 19 heavy (non-hydrogen) atoms. The lowest BCUT2D eigenvalue weighted by molar-refractivity contribution is 0.0595. The van der Waals surface area contributed by atoms with Gasteiger partial charge in [0.25, 0.3) is 0 Å². The Morgan fingerprint density at radius 1 is 1.32 bits per heavy atom. The van der Waals surface area contributed by atoms with Gasteiger partial charge in [0.1, 0.15) is 11.6 Å². The monoisotopic (exact) mass is 267 g/mol. The van der Waals surface area contributed by atoms with E-state index in [1.807, 2.05) is 11.5 Å². The summed E-state index contributed by atoms with van der Waals surface area (Å²) in [6.07, 6.45) is 0. The molecule has 0 saturated carbocycles. The molecule has 0 unspecified atom stereocenters. The van der Waals surface area contributed by atoms with E-state index in [0.717, 1.165) is 12.4 Å². The van der Waals surface area contributed by atoms with E-state index in [2.05, 4.69) is 32.7 Å². The number of carbonyl (C=O) groups excluding carboxylic acids is 1. The Hall–Kier alpha value is -1.52. The maximum absolute atomic E-state index is 11.6. The normalized spacial score (nSPS) is 11.6. The number of aryl methyl sites for hydroxylation is 1. The summed E-state index contributed by atoms with van der Waals surface area (Å²) < 4.78 is 6.60. The van der Waals surface area contributed by atoms with Crippen LogP contribution in [0.2, 0.25) is 0 Å². The van der Waals surface area contributed by atoms with E-state index in [1.165, 1.54) is 7.11 Å². The fraction of sp³-hybridized carbons (Fsp3) is 0.714. The largest absolute Gasteiger partial charge is 0.464 e. The average Bonchev–Trinajstić information content (AvgIpc) is 2.60. The molecule has 0 atom stereocenters. The van der Waals surface area contributed by atoms with Gasteiger partial charge in [-0.15, -0.1) is 0 Å². The Bertz CT molecular complexity index is 442. The third kappa shape index (κ3) is 3.28. The highest BCUT2D eigenvalue weighted by Crippen LogP contribution is 2.25. The predicted molar refractivity (Wildman–Crippen MR) is 75.9 cm³/mol. The van der Waals surface area contributed by atoms with Gasteiger partial charge < -0.3 is 15.0 Å². The number of nitrogens with zero attached hydrogens (tertiary/aromatic N) is 2. The summed E-state index contributed by atoms with van der Waals surface area (Å²) in [7, 11) is 1.33. The summed E-state index contributed by atoms with van der Waals surface area (Å²) in [5, 5.41) is 0. The van der Waals surface area contributed by atoms with E-state index in [-0.39, 0.29) is 5.69 Å². The molecular weight excluding hydrogens is 242 g/mol. The number of aromatic nitrogens is 2. The number of esters is 1. The zero-order valence-corrected chi connectivity index (χ0v) is 12.7. The third-order valence-electron chi connectivity index (χ3n) is 3.68. The van der Waals surface area contributed by atoms with Gasteiger partial charge in [-0.3, -0.25) is 0 Å². The highest BCUT2D eigenvalue weighted by atomic mass is 16.5. The number of imidazole rings is 1. The maximum atomic E-state index is 11.6. The van der Waals surface area contributed by atoms with Gasteiger partial charge in [0.05, 0.1) is 7.11 Å². The fourth-order valence-corrected chi connectivity index (χ4v) is 2.46. The van der Waals surface area contributed by atoms with Gasteiger partial charge in [0.2, 0.25) is 0 Å². The van der Waals surface area contributed by atoms with Gasteiger partial charge >= 0.3 is 5.97 Å². The lowest BCUT2D eigenvalue weighted by Gasteiger charge is -2.26. The van der Waals surface area contributed by atoms with Gasteiger partial charge in [-0.2, -0.15) is 0 Å². The minimum Gasteiger partial charge on any atom is -0.464 e. The highest BCUT2D eigenvalue weighted by Gasteiger charge is 2.24. The molecule has 1 rings (SSSR count). The van der Waals surface area contributed by atoms with Gasteiger partial charge in [-0.05, 0) is 24.7 Å². The van der Waals surface area contributed by atoms with E-state index >= 15 is 0 Å². The van der Waals surface area contributed by atoms with E-state index < -0.39 is 5.97 Å². The van der Waals surface area contributed by atoms with Crippen molar-refractivity contribution in [1.29, 1.82) is 0 Å². The number of anilines is 1. The molecule has 0 aromatic carbocycles. The van der Waals surface area contributed by atoms with Crippen LogP contribution in [0.15, 0.2) is 0 Å². The minimum absolute atomic E-state index is 0.214. The summed E-state index contributed by atoms with van der Waals surface area (Å²) in [5.74, 6) is 2.25. The molecule has 1 aromatic heterocycles. The van der Waals surface area contributed by atoms with Gasteiger partial charge in [0.15, 0.2) is 5.69 Å². The van der Waals surface area contributed by atoms with E-state index in [0.29, 0.717) is 23.6 Å². The van der Waals surface area contributed by atoms with Crippen LogP contribution in [0.25, 0.3) is 0 Å². The van der Waals surface area contributed by atoms with Crippen LogP contribution in [0.1, 0.15) is 44.0 Å². The van der Waals surface area contributed by atoms with Crippen LogP contribution >= 0.6 is 0 Å². The zero-order valence-electron chi connectivity index (χ0n) is 12.7. The van der Waals surface area contributed by atoms with Crippen LogP contribution in [0.4, 0.5) is 5.82 Å². The van der Waals surface area contributed by atoms with Crippen molar-refractivity contribution >= 4 is 11.8 Å². The summed E-state index contributed by atoms with van der Waals surface area (Å²) in [4.78, 5) is 15.8. The van der Waals surface area contributed by atoms with Crippen molar-refractivity contribution in [2.75, 3.05) is 12.8 Å². The number of rotatable bonds is 5. The van der Waals surface area contributed by atoms with Gasteiger partial charge in [-0.25, -0.2) is 9.78 Å². The SMILES string of the molecule is COC(=O)c1nc(C)n(CC(C(C)C)C(C)C)c1N. The molecule has 0 saturated heterocycles. The van der Waals surface area contributed by atoms with E-state index in [4.69, 9.17) is 10.5 Å². The molecule has 108 valence electrons. The number of methoxy groups -OCH3 is 1. The van der Waals surface area contributed by atoms with E-state index in [9.17, 15) is 4.79 Å². The standard InChI is InChI=1S/C14H25N3O2/c1-8(2)11(9(3)4)7-17-10(5)16-12(13(17)15)14(18)19-6/h8-9,11H,7,15H2,1-6H3. The van der Waals surface area contributed by atoms with Crippen molar-refractivity contribution in [3.05, 3.63) is 11.5 Å².